The number of methoxy groups -OCH3 is 1. The van der Waals surface area contributed by atoms with Gasteiger partial charge < -0.3 is 15.8 Å². The highest BCUT2D eigenvalue weighted by Crippen LogP contribution is 2.25. The van der Waals surface area contributed by atoms with Crippen LogP contribution in [0.4, 0.5) is 17.6 Å². The number of benzene rings is 1. The Bertz CT molecular complexity index is 575. The molecule has 0 aliphatic carbocycles. The summed E-state index contributed by atoms with van der Waals surface area (Å²) in [5, 5.41) is 3.08. The molecule has 0 aliphatic heterocycles. The number of nitrogen functional groups attached to an aromatic ring is 1. The van der Waals surface area contributed by atoms with E-state index in [2.05, 4.69) is 36.2 Å². The number of nitrogens with one attached hydrogen (secondary N) is 1. The molecule has 0 saturated heterocycles. The lowest BCUT2D eigenvalue weighted by atomic mass is 10.2. The molecule has 0 bridgehead atoms. The molecule has 0 fully saturated rings. The van der Waals surface area contributed by atoms with Gasteiger partial charge >= 0.3 is 6.01 Å². The summed E-state index contributed by atoms with van der Waals surface area (Å²) in [6.45, 7) is 1.98. The molecule has 6 nitrogen and oxygen atoms in total. The predicted molar refractivity (Wildman–Crippen MR) is 73.0 cm³/mol. The lowest BCUT2D eigenvalue weighted by molar-refractivity contribution is 0.380. The predicted octanol–water partition coefficient (Wildman–Crippen LogP) is 2.28. The van der Waals surface area contributed by atoms with Crippen LogP contribution in [0.25, 0.3) is 0 Å². The summed E-state index contributed by atoms with van der Waals surface area (Å²) in [5.41, 5.74) is 7.50. The van der Waals surface area contributed by atoms with Gasteiger partial charge in [0.2, 0.25) is 11.9 Å². The van der Waals surface area contributed by atoms with Crippen LogP contribution in [-0.4, -0.2) is 22.1 Å². The zero-order valence-electron chi connectivity index (χ0n) is 9.94. The van der Waals surface area contributed by atoms with E-state index in [4.69, 9.17) is 10.5 Å². The minimum absolute atomic E-state index is 0.108. The number of halogens is 1. The van der Waals surface area contributed by atoms with E-state index in [0.717, 1.165) is 15.7 Å². The lowest BCUT2D eigenvalue weighted by Gasteiger charge is -2.10. The molecule has 94 valence electrons. The molecule has 1 heterocycles. The minimum atomic E-state index is 0.108. The molecular formula is C11H12BrN5O. The second-order valence-corrected chi connectivity index (χ2v) is 4.40. The normalized spacial score (nSPS) is 10.2. The van der Waals surface area contributed by atoms with Crippen molar-refractivity contribution in [1.82, 2.24) is 15.0 Å². The average molecular weight is 310 g/mol. The van der Waals surface area contributed by atoms with Crippen molar-refractivity contribution < 1.29 is 4.74 Å². The van der Waals surface area contributed by atoms with Crippen molar-refractivity contribution in [2.75, 3.05) is 18.2 Å². The van der Waals surface area contributed by atoms with Crippen LogP contribution in [0.5, 0.6) is 6.01 Å². The molecule has 0 unspecified atom stereocenters. The van der Waals surface area contributed by atoms with Crippen LogP contribution in [-0.2, 0) is 0 Å². The van der Waals surface area contributed by atoms with Crippen molar-refractivity contribution in [2.45, 2.75) is 6.92 Å². The topological polar surface area (TPSA) is 86.0 Å². The second-order valence-electron chi connectivity index (χ2n) is 3.54. The van der Waals surface area contributed by atoms with E-state index in [1.807, 2.05) is 25.1 Å². The highest BCUT2D eigenvalue weighted by molar-refractivity contribution is 9.10. The van der Waals surface area contributed by atoms with Gasteiger partial charge in [0.25, 0.3) is 0 Å². The van der Waals surface area contributed by atoms with Gasteiger partial charge in [0.05, 0.1) is 7.11 Å². The fraction of sp³-hybridized carbons (Fsp3) is 0.182. The quantitative estimate of drug-likeness (QED) is 0.904. The Morgan fingerprint density at radius 1 is 1.28 bits per heavy atom. The second kappa shape index (κ2) is 5.18. The molecule has 0 radical (unpaired) electrons. The molecule has 2 rings (SSSR count). The summed E-state index contributed by atoms with van der Waals surface area (Å²) in [5.74, 6) is 0.456. The first-order chi connectivity index (χ1) is 8.60. The highest BCUT2D eigenvalue weighted by atomic mass is 79.9. The number of aromatic nitrogens is 3. The van der Waals surface area contributed by atoms with Crippen LogP contribution in [0.1, 0.15) is 5.56 Å². The van der Waals surface area contributed by atoms with Gasteiger partial charge in [-0.1, -0.05) is 22.0 Å². The first-order valence-electron chi connectivity index (χ1n) is 5.18. The number of hydrogen-bond acceptors (Lipinski definition) is 6. The van der Waals surface area contributed by atoms with Gasteiger partial charge in [-0.2, -0.15) is 15.0 Å². The Balaban J connectivity index is 2.34. The third-order valence-corrected chi connectivity index (χ3v) is 3.19. The summed E-state index contributed by atoms with van der Waals surface area (Å²) < 4.78 is 5.94. The van der Waals surface area contributed by atoms with E-state index in [-0.39, 0.29) is 12.0 Å². The molecule has 18 heavy (non-hydrogen) atoms. The molecule has 0 atom stereocenters. The van der Waals surface area contributed by atoms with Gasteiger partial charge in [-0.05, 0) is 24.6 Å². The molecule has 7 heteroatoms. The third-order valence-electron chi connectivity index (χ3n) is 2.33. The zero-order chi connectivity index (χ0) is 13.1. The largest absolute Gasteiger partial charge is 0.467 e. The van der Waals surface area contributed by atoms with Gasteiger partial charge in [0.15, 0.2) is 0 Å². The third kappa shape index (κ3) is 2.67. The van der Waals surface area contributed by atoms with Crippen LogP contribution >= 0.6 is 15.9 Å². The molecule has 3 N–H and O–H groups in total. The summed E-state index contributed by atoms with van der Waals surface area (Å²) in [4.78, 5) is 11.9. The van der Waals surface area contributed by atoms with Crippen molar-refractivity contribution in [3.8, 4) is 6.01 Å². The first kappa shape index (κ1) is 12.6. The molecular weight excluding hydrogens is 298 g/mol. The van der Waals surface area contributed by atoms with E-state index < -0.39 is 0 Å². The SMILES string of the molecule is COc1nc(N)nc(Nc2cccc(Br)c2C)n1. The maximum absolute atomic E-state index is 5.57. The number of hydrogen-bond donors (Lipinski definition) is 2. The lowest BCUT2D eigenvalue weighted by Crippen LogP contribution is -2.05. The van der Waals surface area contributed by atoms with Gasteiger partial charge in [-0.3, -0.25) is 0 Å². The monoisotopic (exact) mass is 309 g/mol. The summed E-state index contributed by atoms with van der Waals surface area (Å²) in [6.07, 6.45) is 0. The van der Waals surface area contributed by atoms with E-state index in [0.29, 0.717) is 5.95 Å². The van der Waals surface area contributed by atoms with Gasteiger partial charge in [-0.25, -0.2) is 0 Å². The van der Waals surface area contributed by atoms with Crippen LogP contribution in [0, 0.1) is 6.92 Å². The van der Waals surface area contributed by atoms with Crippen molar-refractivity contribution in [1.29, 1.82) is 0 Å². The smallest absolute Gasteiger partial charge is 0.322 e. The molecule has 0 amide bonds. The first-order valence-corrected chi connectivity index (χ1v) is 5.97. The number of nitrogens with two attached hydrogens (primary N) is 1. The van der Waals surface area contributed by atoms with Gasteiger partial charge in [0, 0.05) is 10.2 Å². The van der Waals surface area contributed by atoms with Crippen molar-refractivity contribution in [2.24, 2.45) is 0 Å². The van der Waals surface area contributed by atoms with Crippen LogP contribution < -0.4 is 15.8 Å². The summed E-state index contributed by atoms with van der Waals surface area (Å²) >= 11 is 3.46. The Morgan fingerprint density at radius 2 is 2.06 bits per heavy atom. The van der Waals surface area contributed by atoms with Crippen LogP contribution in [0.2, 0.25) is 0 Å². The van der Waals surface area contributed by atoms with E-state index >= 15 is 0 Å². The summed E-state index contributed by atoms with van der Waals surface area (Å²) in [7, 11) is 1.48. The standard InChI is InChI=1S/C11H12BrN5O/c1-6-7(12)4-3-5-8(6)14-10-15-9(13)16-11(17-10)18-2/h3-5H,1-2H3,(H3,13,14,15,16,17). The molecule has 1 aromatic carbocycles. The van der Waals surface area contributed by atoms with E-state index in [9.17, 15) is 0 Å². The maximum Gasteiger partial charge on any atom is 0.322 e. The Morgan fingerprint density at radius 3 is 2.78 bits per heavy atom. The van der Waals surface area contributed by atoms with E-state index in [1.165, 1.54) is 7.11 Å². The average Bonchev–Trinajstić information content (AvgIpc) is 2.34. The zero-order valence-corrected chi connectivity index (χ0v) is 11.5. The minimum Gasteiger partial charge on any atom is -0.467 e. The Labute approximate surface area is 113 Å². The Kier molecular flexibility index (Phi) is 3.61. The van der Waals surface area contributed by atoms with Crippen LogP contribution in [0.3, 0.4) is 0 Å². The maximum atomic E-state index is 5.57. The van der Waals surface area contributed by atoms with Gasteiger partial charge in [0.1, 0.15) is 0 Å². The van der Waals surface area contributed by atoms with Crippen molar-refractivity contribution in [3.05, 3.63) is 28.2 Å². The van der Waals surface area contributed by atoms with E-state index in [1.54, 1.807) is 0 Å². The molecule has 2 aromatic rings. The van der Waals surface area contributed by atoms with Crippen molar-refractivity contribution in [3.63, 3.8) is 0 Å². The highest BCUT2D eigenvalue weighted by Gasteiger charge is 2.07. The molecule has 0 spiro atoms. The Hall–Kier alpha value is -1.89. The number of nitrogens with zero attached hydrogens (tertiary/aromatic N) is 3. The number of ether oxygens (including phenoxy) is 1. The number of anilines is 3. The number of rotatable bonds is 3. The van der Waals surface area contributed by atoms with Crippen LogP contribution in [0.15, 0.2) is 22.7 Å². The molecule has 0 saturated carbocycles. The fourth-order valence-electron chi connectivity index (χ4n) is 1.38. The summed E-state index contributed by atoms with van der Waals surface area (Å²) in [6, 6.07) is 5.98. The fourth-order valence-corrected chi connectivity index (χ4v) is 1.75. The molecule has 1 aromatic heterocycles. The van der Waals surface area contributed by atoms with Crippen molar-refractivity contribution >= 4 is 33.5 Å². The molecule has 0 aliphatic rings. The van der Waals surface area contributed by atoms with Gasteiger partial charge in [-0.15, -0.1) is 0 Å².